The number of rotatable bonds is 6. The van der Waals surface area contributed by atoms with E-state index in [1.165, 1.54) is 0 Å². The monoisotopic (exact) mass is 413 g/mol. The highest BCUT2D eigenvalue weighted by Crippen LogP contribution is 2.30. The van der Waals surface area contributed by atoms with Crippen molar-refractivity contribution in [2.24, 2.45) is 0 Å². The van der Waals surface area contributed by atoms with E-state index in [1.54, 1.807) is 24.3 Å². The zero-order chi connectivity index (χ0) is 21.2. The summed E-state index contributed by atoms with van der Waals surface area (Å²) in [6.45, 7) is 9.91. The van der Waals surface area contributed by atoms with Gasteiger partial charge < -0.3 is 10.1 Å². The van der Waals surface area contributed by atoms with E-state index in [2.05, 4.69) is 15.0 Å². The molecule has 3 rings (SSSR count). The first-order valence-electron chi connectivity index (χ1n) is 9.53. The summed E-state index contributed by atoms with van der Waals surface area (Å²) in [7, 11) is -3.57. The van der Waals surface area contributed by atoms with Crippen LogP contribution in [0.3, 0.4) is 0 Å². The molecule has 1 aromatic heterocycles. The summed E-state index contributed by atoms with van der Waals surface area (Å²) < 4.78 is 33.2. The zero-order valence-corrected chi connectivity index (χ0v) is 18.2. The standard InChI is InChI=1S/C22H27N3O3S/c1-6-28-17-9-12-20-19(14-17)21(13-15(2)23-20)24-16-7-10-18(11-8-16)29(26,27)25-22(3,4)5/h7-14,25H,6H2,1-5H3,(H,23,24). The van der Waals surface area contributed by atoms with E-state index >= 15 is 0 Å². The Morgan fingerprint density at radius 2 is 1.72 bits per heavy atom. The third kappa shape index (κ3) is 5.25. The fraction of sp³-hybridized carbons (Fsp3) is 0.318. The second kappa shape index (κ2) is 8.00. The molecule has 0 atom stereocenters. The molecule has 2 aromatic carbocycles. The van der Waals surface area contributed by atoms with E-state index in [9.17, 15) is 8.42 Å². The van der Waals surface area contributed by atoms with Gasteiger partial charge in [0.25, 0.3) is 0 Å². The highest BCUT2D eigenvalue weighted by Gasteiger charge is 2.21. The molecule has 0 amide bonds. The molecule has 29 heavy (non-hydrogen) atoms. The minimum Gasteiger partial charge on any atom is -0.494 e. The Kier molecular flexibility index (Phi) is 5.82. The number of anilines is 2. The van der Waals surface area contributed by atoms with E-state index in [0.717, 1.165) is 33.7 Å². The van der Waals surface area contributed by atoms with Gasteiger partial charge in [0.2, 0.25) is 10.0 Å². The van der Waals surface area contributed by atoms with Gasteiger partial charge in [-0.1, -0.05) is 0 Å². The normalized spacial score (nSPS) is 12.2. The van der Waals surface area contributed by atoms with E-state index in [0.29, 0.717) is 6.61 Å². The maximum atomic E-state index is 12.5. The van der Waals surface area contributed by atoms with Crippen molar-refractivity contribution in [3.05, 3.63) is 54.2 Å². The van der Waals surface area contributed by atoms with Crippen molar-refractivity contribution in [3.8, 4) is 5.75 Å². The van der Waals surface area contributed by atoms with Crippen LogP contribution in [0.2, 0.25) is 0 Å². The molecule has 6 nitrogen and oxygen atoms in total. The first-order chi connectivity index (χ1) is 13.6. The van der Waals surface area contributed by atoms with Crippen LogP contribution in [-0.4, -0.2) is 25.5 Å². The lowest BCUT2D eigenvalue weighted by Gasteiger charge is -2.20. The number of aryl methyl sites for hydroxylation is 1. The molecule has 0 aliphatic rings. The lowest BCUT2D eigenvalue weighted by atomic mass is 10.1. The third-order valence-electron chi connectivity index (χ3n) is 4.10. The van der Waals surface area contributed by atoms with Gasteiger partial charge >= 0.3 is 0 Å². The van der Waals surface area contributed by atoms with Crippen molar-refractivity contribution in [2.45, 2.75) is 45.1 Å². The van der Waals surface area contributed by atoms with E-state index in [1.807, 2.05) is 58.9 Å². The summed E-state index contributed by atoms with van der Waals surface area (Å²) in [5.74, 6) is 0.781. The van der Waals surface area contributed by atoms with Crippen molar-refractivity contribution >= 4 is 32.3 Å². The summed E-state index contributed by atoms with van der Waals surface area (Å²) in [4.78, 5) is 4.81. The highest BCUT2D eigenvalue weighted by molar-refractivity contribution is 7.89. The smallest absolute Gasteiger partial charge is 0.241 e. The number of nitrogens with one attached hydrogen (secondary N) is 2. The number of benzene rings is 2. The van der Waals surface area contributed by atoms with Gasteiger partial charge in [-0.15, -0.1) is 0 Å². The largest absolute Gasteiger partial charge is 0.494 e. The second-order valence-corrected chi connectivity index (χ2v) is 9.61. The number of hydrogen-bond acceptors (Lipinski definition) is 5. The maximum Gasteiger partial charge on any atom is 0.241 e. The first kappa shape index (κ1) is 21.1. The Morgan fingerprint density at radius 1 is 1.03 bits per heavy atom. The van der Waals surface area contributed by atoms with Gasteiger partial charge in [0, 0.05) is 28.0 Å². The van der Waals surface area contributed by atoms with Crippen LogP contribution in [0.5, 0.6) is 5.75 Å². The summed E-state index contributed by atoms with van der Waals surface area (Å²) in [6, 6.07) is 14.5. The number of sulfonamides is 1. The molecule has 0 saturated carbocycles. The van der Waals surface area contributed by atoms with Gasteiger partial charge in [-0.2, -0.15) is 0 Å². The van der Waals surface area contributed by atoms with Gasteiger partial charge in [0.05, 0.1) is 17.0 Å². The molecule has 0 unspecified atom stereocenters. The van der Waals surface area contributed by atoms with Crippen LogP contribution in [0.4, 0.5) is 11.4 Å². The predicted octanol–water partition coefficient (Wildman–Crippen LogP) is 4.76. The average Bonchev–Trinajstić information content (AvgIpc) is 2.61. The average molecular weight is 414 g/mol. The second-order valence-electron chi connectivity index (χ2n) is 7.93. The summed E-state index contributed by atoms with van der Waals surface area (Å²) in [5.41, 5.74) is 2.88. The van der Waals surface area contributed by atoms with Gasteiger partial charge in [0.15, 0.2) is 0 Å². The molecule has 0 radical (unpaired) electrons. The van der Waals surface area contributed by atoms with Crippen LogP contribution < -0.4 is 14.8 Å². The molecule has 7 heteroatoms. The molecule has 0 spiro atoms. The van der Waals surface area contributed by atoms with Gasteiger partial charge in [-0.05, 0) is 83.1 Å². The predicted molar refractivity (Wildman–Crippen MR) is 117 cm³/mol. The molecule has 3 aromatic rings. The van der Waals surface area contributed by atoms with Crippen molar-refractivity contribution < 1.29 is 13.2 Å². The Hall–Kier alpha value is -2.64. The van der Waals surface area contributed by atoms with Gasteiger partial charge in [0.1, 0.15) is 5.75 Å². The molecule has 0 aliphatic carbocycles. The molecule has 1 heterocycles. The van der Waals surface area contributed by atoms with Crippen LogP contribution in [0.15, 0.2) is 53.4 Å². The summed E-state index contributed by atoms with van der Waals surface area (Å²) in [6.07, 6.45) is 0. The van der Waals surface area contributed by atoms with Crippen molar-refractivity contribution in [2.75, 3.05) is 11.9 Å². The Balaban J connectivity index is 1.92. The van der Waals surface area contributed by atoms with Crippen LogP contribution in [0.25, 0.3) is 10.9 Å². The Morgan fingerprint density at radius 3 is 2.34 bits per heavy atom. The number of nitrogens with zero attached hydrogens (tertiary/aromatic N) is 1. The molecule has 0 fully saturated rings. The SMILES string of the molecule is CCOc1ccc2nc(C)cc(Nc3ccc(S(=O)(=O)NC(C)(C)C)cc3)c2c1. The Labute approximate surface area is 172 Å². The van der Waals surface area contributed by atoms with Crippen molar-refractivity contribution in [1.29, 1.82) is 0 Å². The lowest BCUT2D eigenvalue weighted by Crippen LogP contribution is -2.40. The summed E-state index contributed by atoms with van der Waals surface area (Å²) in [5, 5.41) is 4.31. The Bertz CT molecular complexity index is 1120. The van der Waals surface area contributed by atoms with Crippen molar-refractivity contribution in [3.63, 3.8) is 0 Å². The number of fused-ring (bicyclic) bond motifs is 1. The fourth-order valence-corrected chi connectivity index (χ4v) is 4.45. The lowest BCUT2D eigenvalue weighted by molar-refractivity contribution is 0.340. The van der Waals surface area contributed by atoms with Crippen LogP contribution >= 0.6 is 0 Å². The van der Waals surface area contributed by atoms with Crippen molar-refractivity contribution in [1.82, 2.24) is 9.71 Å². The zero-order valence-electron chi connectivity index (χ0n) is 17.4. The van der Waals surface area contributed by atoms with Crippen LogP contribution in [-0.2, 0) is 10.0 Å². The molecule has 0 bridgehead atoms. The molecule has 2 N–H and O–H groups in total. The molecule has 0 aliphatic heterocycles. The minimum atomic E-state index is -3.57. The number of aromatic nitrogens is 1. The van der Waals surface area contributed by atoms with E-state index in [4.69, 9.17) is 4.74 Å². The minimum absolute atomic E-state index is 0.229. The maximum absolute atomic E-state index is 12.5. The first-order valence-corrected chi connectivity index (χ1v) is 11.0. The summed E-state index contributed by atoms with van der Waals surface area (Å²) >= 11 is 0. The van der Waals surface area contributed by atoms with Gasteiger partial charge in [-0.3, -0.25) is 4.98 Å². The topological polar surface area (TPSA) is 80.3 Å². The van der Waals surface area contributed by atoms with Crippen LogP contribution in [0.1, 0.15) is 33.4 Å². The van der Waals surface area contributed by atoms with Crippen LogP contribution in [0, 0.1) is 6.92 Å². The van der Waals surface area contributed by atoms with Gasteiger partial charge in [-0.25, -0.2) is 13.1 Å². The van der Waals surface area contributed by atoms with E-state index in [-0.39, 0.29) is 4.90 Å². The molecule has 0 saturated heterocycles. The third-order valence-corrected chi connectivity index (χ3v) is 5.88. The fourth-order valence-electron chi connectivity index (χ4n) is 3.03. The highest BCUT2D eigenvalue weighted by atomic mass is 32.2. The molecular weight excluding hydrogens is 386 g/mol. The quantitative estimate of drug-likeness (QED) is 0.609. The number of ether oxygens (including phenoxy) is 1. The number of pyridine rings is 1. The number of hydrogen-bond donors (Lipinski definition) is 2. The van der Waals surface area contributed by atoms with E-state index < -0.39 is 15.6 Å². The molecular formula is C22H27N3O3S. The molecule has 154 valence electrons.